The van der Waals surface area contributed by atoms with Crippen molar-refractivity contribution in [2.75, 3.05) is 13.3 Å². The van der Waals surface area contributed by atoms with Crippen LogP contribution in [0, 0.1) is 0 Å². The highest BCUT2D eigenvalue weighted by Gasteiger charge is 2.17. The van der Waals surface area contributed by atoms with Gasteiger partial charge in [0.1, 0.15) is 0 Å². The van der Waals surface area contributed by atoms with Crippen LogP contribution in [-0.4, -0.2) is 24.0 Å². The van der Waals surface area contributed by atoms with Gasteiger partial charge in [0.25, 0.3) is 0 Å². The Bertz CT molecular complexity index is 385. The molecule has 0 atom stereocenters. The summed E-state index contributed by atoms with van der Waals surface area (Å²) in [5, 5.41) is 12.9. The third-order valence-electron chi connectivity index (χ3n) is 2.71. The van der Waals surface area contributed by atoms with Crippen LogP contribution in [0.15, 0.2) is 18.2 Å². The maximum atomic E-state index is 9.59. The van der Waals surface area contributed by atoms with Crippen LogP contribution in [0.4, 0.5) is 0 Å². The van der Waals surface area contributed by atoms with Crippen LogP contribution < -0.4 is 14.8 Å². The Morgan fingerprint density at radius 2 is 2.18 bits per heavy atom. The summed E-state index contributed by atoms with van der Waals surface area (Å²) >= 11 is 0. The lowest BCUT2D eigenvalue weighted by atomic mass is 10.1. The monoisotopic (exact) mass is 237 g/mol. The molecule has 0 bridgehead atoms. The Hall–Kier alpha value is -1.26. The molecule has 0 aliphatic carbocycles. The van der Waals surface area contributed by atoms with E-state index < -0.39 is 5.60 Å². The average molecular weight is 237 g/mol. The molecule has 1 aliphatic heterocycles. The molecule has 0 radical (unpaired) electrons. The molecule has 1 aliphatic rings. The molecule has 2 rings (SSSR count). The highest BCUT2D eigenvalue weighted by atomic mass is 16.7. The lowest BCUT2D eigenvalue weighted by Crippen LogP contribution is -2.26. The van der Waals surface area contributed by atoms with Gasteiger partial charge in [0.05, 0.1) is 5.60 Å². The molecule has 0 saturated heterocycles. The van der Waals surface area contributed by atoms with Crippen LogP contribution in [-0.2, 0) is 6.54 Å². The molecular weight excluding hydrogens is 218 g/mol. The fraction of sp³-hybridized carbons (Fsp3) is 0.538. The van der Waals surface area contributed by atoms with Crippen molar-refractivity contribution in [3.8, 4) is 11.5 Å². The number of nitrogens with one attached hydrogen (secondary N) is 1. The zero-order chi connectivity index (χ0) is 12.3. The van der Waals surface area contributed by atoms with Gasteiger partial charge in [-0.1, -0.05) is 12.1 Å². The van der Waals surface area contributed by atoms with Crippen LogP contribution in [0.2, 0.25) is 0 Å². The van der Waals surface area contributed by atoms with Gasteiger partial charge in [0.15, 0.2) is 11.5 Å². The van der Waals surface area contributed by atoms with E-state index in [1.807, 2.05) is 32.0 Å². The first kappa shape index (κ1) is 12.2. The van der Waals surface area contributed by atoms with Crippen LogP contribution in [0.25, 0.3) is 0 Å². The molecule has 0 spiro atoms. The number of para-hydroxylation sites is 1. The zero-order valence-corrected chi connectivity index (χ0v) is 10.3. The molecule has 1 aromatic rings. The summed E-state index contributed by atoms with van der Waals surface area (Å²) < 4.78 is 10.7. The van der Waals surface area contributed by atoms with Crippen molar-refractivity contribution in [3.63, 3.8) is 0 Å². The number of fused-ring (bicyclic) bond motifs is 1. The first-order valence-electron chi connectivity index (χ1n) is 5.87. The summed E-state index contributed by atoms with van der Waals surface area (Å²) in [7, 11) is 0. The fourth-order valence-corrected chi connectivity index (χ4v) is 1.75. The number of benzene rings is 1. The van der Waals surface area contributed by atoms with Crippen LogP contribution in [0.3, 0.4) is 0 Å². The third-order valence-corrected chi connectivity index (χ3v) is 2.71. The number of ether oxygens (including phenoxy) is 2. The maximum Gasteiger partial charge on any atom is 0.231 e. The predicted octanol–water partition coefficient (Wildman–Crippen LogP) is 1.67. The van der Waals surface area contributed by atoms with Gasteiger partial charge in [0, 0.05) is 12.1 Å². The molecule has 0 aromatic heterocycles. The van der Waals surface area contributed by atoms with Gasteiger partial charge in [-0.25, -0.2) is 0 Å². The molecule has 0 amide bonds. The van der Waals surface area contributed by atoms with E-state index in [2.05, 4.69) is 5.32 Å². The van der Waals surface area contributed by atoms with Gasteiger partial charge < -0.3 is 19.9 Å². The minimum Gasteiger partial charge on any atom is -0.454 e. The van der Waals surface area contributed by atoms with Crippen molar-refractivity contribution in [3.05, 3.63) is 23.8 Å². The van der Waals surface area contributed by atoms with Crippen LogP contribution >= 0.6 is 0 Å². The zero-order valence-electron chi connectivity index (χ0n) is 10.3. The van der Waals surface area contributed by atoms with Gasteiger partial charge >= 0.3 is 0 Å². The van der Waals surface area contributed by atoms with E-state index in [0.717, 1.165) is 36.6 Å². The Labute approximate surface area is 102 Å². The molecule has 0 saturated carbocycles. The number of rotatable bonds is 5. The summed E-state index contributed by atoms with van der Waals surface area (Å²) in [5.74, 6) is 1.65. The third kappa shape index (κ3) is 3.35. The molecule has 1 aromatic carbocycles. The molecule has 0 fully saturated rings. The second-order valence-corrected chi connectivity index (χ2v) is 4.89. The normalized spacial score (nSPS) is 14.1. The quantitative estimate of drug-likeness (QED) is 0.765. The standard InChI is InChI=1S/C13H19NO3/c1-13(2,15)6-7-14-8-10-4-3-5-11-12(10)17-9-16-11/h3-5,14-15H,6-9H2,1-2H3. The van der Waals surface area contributed by atoms with E-state index in [4.69, 9.17) is 9.47 Å². The van der Waals surface area contributed by atoms with Crippen molar-refractivity contribution in [2.45, 2.75) is 32.4 Å². The second kappa shape index (κ2) is 4.94. The average Bonchev–Trinajstić information content (AvgIpc) is 2.71. The highest BCUT2D eigenvalue weighted by Crippen LogP contribution is 2.35. The lowest BCUT2D eigenvalue weighted by molar-refractivity contribution is 0.0711. The van der Waals surface area contributed by atoms with Gasteiger partial charge in [0.2, 0.25) is 6.79 Å². The smallest absolute Gasteiger partial charge is 0.231 e. The topological polar surface area (TPSA) is 50.7 Å². The Morgan fingerprint density at radius 1 is 1.35 bits per heavy atom. The SMILES string of the molecule is CC(C)(O)CCNCc1cccc2c1OCO2. The summed E-state index contributed by atoms with van der Waals surface area (Å²) in [5.41, 5.74) is 0.473. The maximum absolute atomic E-state index is 9.59. The van der Waals surface area contributed by atoms with Crippen molar-refractivity contribution in [1.82, 2.24) is 5.32 Å². The highest BCUT2D eigenvalue weighted by molar-refractivity contribution is 5.48. The van der Waals surface area contributed by atoms with E-state index in [-0.39, 0.29) is 0 Å². The molecule has 4 heteroatoms. The van der Waals surface area contributed by atoms with Crippen molar-refractivity contribution < 1.29 is 14.6 Å². The largest absolute Gasteiger partial charge is 0.454 e. The Balaban J connectivity index is 1.86. The Morgan fingerprint density at radius 3 is 2.94 bits per heavy atom. The van der Waals surface area contributed by atoms with Crippen LogP contribution in [0.5, 0.6) is 11.5 Å². The van der Waals surface area contributed by atoms with E-state index in [0.29, 0.717) is 6.79 Å². The molecule has 4 nitrogen and oxygen atoms in total. The number of aliphatic hydroxyl groups is 1. The van der Waals surface area contributed by atoms with E-state index in [1.165, 1.54) is 0 Å². The van der Waals surface area contributed by atoms with Gasteiger partial charge in [-0.15, -0.1) is 0 Å². The molecular formula is C13H19NO3. The first-order chi connectivity index (χ1) is 8.06. The van der Waals surface area contributed by atoms with E-state index in [1.54, 1.807) is 0 Å². The Kier molecular flexibility index (Phi) is 3.54. The van der Waals surface area contributed by atoms with E-state index >= 15 is 0 Å². The lowest BCUT2D eigenvalue weighted by Gasteiger charge is -2.17. The molecule has 2 N–H and O–H groups in total. The summed E-state index contributed by atoms with van der Waals surface area (Å²) in [6, 6.07) is 5.88. The van der Waals surface area contributed by atoms with Gasteiger partial charge in [-0.3, -0.25) is 0 Å². The molecule has 0 unspecified atom stereocenters. The van der Waals surface area contributed by atoms with Crippen LogP contribution in [0.1, 0.15) is 25.8 Å². The first-order valence-corrected chi connectivity index (χ1v) is 5.87. The van der Waals surface area contributed by atoms with Gasteiger partial charge in [-0.2, -0.15) is 0 Å². The minimum absolute atomic E-state index is 0.302. The van der Waals surface area contributed by atoms with E-state index in [9.17, 15) is 5.11 Å². The minimum atomic E-state index is -0.620. The van der Waals surface area contributed by atoms with Crippen molar-refractivity contribution in [1.29, 1.82) is 0 Å². The van der Waals surface area contributed by atoms with Gasteiger partial charge in [-0.05, 0) is 32.9 Å². The number of hydrogen-bond acceptors (Lipinski definition) is 4. The second-order valence-electron chi connectivity index (χ2n) is 4.89. The summed E-state index contributed by atoms with van der Waals surface area (Å²) in [6.07, 6.45) is 0.722. The van der Waals surface area contributed by atoms with Crippen molar-refractivity contribution >= 4 is 0 Å². The molecule has 1 heterocycles. The molecule has 17 heavy (non-hydrogen) atoms. The summed E-state index contributed by atoms with van der Waals surface area (Å²) in [4.78, 5) is 0. The number of hydrogen-bond donors (Lipinski definition) is 2. The molecule has 94 valence electrons. The van der Waals surface area contributed by atoms with Crippen molar-refractivity contribution in [2.24, 2.45) is 0 Å². The summed E-state index contributed by atoms with van der Waals surface area (Å²) in [6.45, 7) is 5.42. The fourth-order valence-electron chi connectivity index (χ4n) is 1.75. The predicted molar refractivity (Wildman–Crippen MR) is 65.2 cm³/mol.